The van der Waals surface area contributed by atoms with E-state index in [4.69, 9.17) is 10.3 Å². The molecule has 0 aromatic rings. The lowest BCUT2D eigenvalue weighted by molar-refractivity contribution is -0.259. The third kappa shape index (κ3) is 2.72. The van der Waals surface area contributed by atoms with E-state index in [1.807, 2.05) is 0 Å². The van der Waals surface area contributed by atoms with E-state index in [2.05, 4.69) is 0 Å². The molecule has 3 unspecified atom stereocenters. The molecule has 4 bridgehead atoms. The molecule has 4 fully saturated rings. The Morgan fingerprint density at radius 2 is 1.76 bits per heavy atom. The van der Waals surface area contributed by atoms with Crippen molar-refractivity contribution in [2.75, 3.05) is 5.75 Å². The maximum atomic E-state index is 14.8. The van der Waals surface area contributed by atoms with Crippen molar-refractivity contribution in [3.63, 3.8) is 0 Å². The van der Waals surface area contributed by atoms with Crippen molar-refractivity contribution in [2.24, 2.45) is 28.9 Å². The molecule has 5 atom stereocenters. The van der Waals surface area contributed by atoms with Gasteiger partial charge in [0, 0.05) is 17.4 Å². The van der Waals surface area contributed by atoms with Gasteiger partial charge in [-0.05, 0) is 56.8 Å². The van der Waals surface area contributed by atoms with Crippen LogP contribution in [0.25, 0.3) is 0 Å². The predicted molar refractivity (Wildman–Crippen MR) is 74.6 cm³/mol. The maximum Gasteiger partial charge on any atom is 0.264 e. The summed E-state index contributed by atoms with van der Waals surface area (Å²) in [6.45, 7) is 0. The highest BCUT2D eigenvalue weighted by Gasteiger charge is 2.67. The molecule has 4 aliphatic rings. The van der Waals surface area contributed by atoms with Gasteiger partial charge in [0.05, 0.1) is 5.75 Å². The largest absolute Gasteiger partial charge is 0.328 e. The molecule has 0 amide bonds. The summed E-state index contributed by atoms with van der Waals surface area (Å²) in [5.41, 5.74) is 4.87. The van der Waals surface area contributed by atoms with Gasteiger partial charge >= 0.3 is 0 Å². The van der Waals surface area contributed by atoms with E-state index in [1.165, 1.54) is 0 Å². The van der Waals surface area contributed by atoms with Gasteiger partial charge in [-0.2, -0.15) is 8.42 Å². The van der Waals surface area contributed by atoms with Gasteiger partial charge in [0.1, 0.15) is 0 Å². The fourth-order valence-corrected chi connectivity index (χ4v) is 5.90. The first-order valence-electron chi connectivity index (χ1n) is 7.70. The van der Waals surface area contributed by atoms with Crippen molar-refractivity contribution < 1.29 is 21.8 Å². The fraction of sp³-hybridized carbons (Fsp3) is 1.00. The lowest BCUT2D eigenvalue weighted by atomic mass is 9.46. The Morgan fingerprint density at radius 3 is 2.29 bits per heavy atom. The highest BCUT2D eigenvalue weighted by atomic mass is 32.2. The molecule has 7 heteroatoms. The maximum absolute atomic E-state index is 14.8. The van der Waals surface area contributed by atoms with Gasteiger partial charge in [-0.25, -0.2) is 8.78 Å². The van der Waals surface area contributed by atoms with Gasteiger partial charge in [0.15, 0.2) is 0 Å². The molecule has 3 N–H and O–H groups in total. The minimum absolute atomic E-state index is 0.0384. The van der Waals surface area contributed by atoms with Gasteiger partial charge in [-0.3, -0.25) is 4.55 Å². The molecule has 122 valence electrons. The van der Waals surface area contributed by atoms with Crippen LogP contribution in [0, 0.1) is 23.2 Å². The molecular formula is C14H23F2NO3S. The van der Waals surface area contributed by atoms with Crippen molar-refractivity contribution in [2.45, 2.75) is 56.9 Å². The first-order chi connectivity index (χ1) is 9.61. The Kier molecular flexibility index (Phi) is 3.62. The van der Waals surface area contributed by atoms with Crippen molar-refractivity contribution >= 4 is 10.1 Å². The Labute approximate surface area is 124 Å². The zero-order valence-corrected chi connectivity index (χ0v) is 12.8. The number of nitrogens with two attached hydrogens (primary N) is 1. The standard InChI is InChI=1S/C14H23F2NO3S/c15-14(16)11-4-9-3-10(5-11)7-13(14,6-9)8-12(17)1-2-21(18,19)20/h9-12H,1-8,17H2,(H,18,19,20)/t9-,10+,11?,12?,13?. The molecule has 0 aromatic carbocycles. The highest BCUT2D eigenvalue weighted by Crippen LogP contribution is 2.68. The van der Waals surface area contributed by atoms with E-state index in [-0.39, 0.29) is 12.8 Å². The average Bonchev–Trinajstić information content (AvgIpc) is 2.32. The topological polar surface area (TPSA) is 80.4 Å². The summed E-state index contributed by atoms with van der Waals surface area (Å²) in [5.74, 6) is -2.88. The summed E-state index contributed by atoms with van der Waals surface area (Å²) in [5, 5.41) is 0. The van der Waals surface area contributed by atoms with Crippen molar-refractivity contribution in [3.05, 3.63) is 0 Å². The second-order valence-corrected chi connectivity index (χ2v) is 9.06. The first-order valence-corrected chi connectivity index (χ1v) is 9.31. The molecule has 0 aromatic heterocycles. The summed E-state index contributed by atoms with van der Waals surface area (Å²) in [6, 6.07) is -0.603. The minimum Gasteiger partial charge on any atom is -0.328 e. The summed E-state index contributed by atoms with van der Waals surface area (Å²) < 4.78 is 59.9. The molecule has 4 nitrogen and oxygen atoms in total. The number of alkyl halides is 2. The second-order valence-electron chi connectivity index (χ2n) is 7.49. The van der Waals surface area contributed by atoms with Crippen LogP contribution in [-0.2, 0) is 10.1 Å². The third-order valence-electron chi connectivity index (χ3n) is 5.88. The van der Waals surface area contributed by atoms with Crippen LogP contribution in [0.1, 0.15) is 44.9 Å². The van der Waals surface area contributed by atoms with Crippen LogP contribution in [-0.4, -0.2) is 30.7 Å². The van der Waals surface area contributed by atoms with Crippen LogP contribution in [0.3, 0.4) is 0 Å². The van der Waals surface area contributed by atoms with Crippen molar-refractivity contribution in [1.29, 1.82) is 0 Å². The number of hydrogen-bond donors (Lipinski definition) is 2. The minimum atomic E-state index is -4.08. The van der Waals surface area contributed by atoms with E-state index >= 15 is 0 Å². The van der Waals surface area contributed by atoms with Crippen molar-refractivity contribution in [3.8, 4) is 0 Å². The first kappa shape index (κ1) is 15.6. The van der Waals surface area contributed by atoms with Gasteiger partial charge in [-0.1, -0.05) is 0 Å². The summed E-state index contributed by atoms with van der Waals surface area (Å²) in [6.07, 6.45) is 3.57. The lowest BCUT2D eigenvalue weighted by Crippen LogP contribution is -2.61. The Balaban J connectivity index is 1.73. The van der Waals surface area contributed by atoms with Crippen LogP contribution in [0.4, 0.5) is 8.78 Å². The fourth-order valence-electron chi connectivity index (χ4n) is 5.29. The number of rotatable bonds is 5. The molecule has 0 radical (unpaired) electrons. The molecule has 4 rings (SSSR count). The van der Waals surface area contributed by atoms with Gasteiger partial charge < -0.3 is 5.73 Å². The summed E-state index contributed by atoms with van der Waals surface area (Å²) in [7, 11) is -4.08. The molecule has 4 saturated carbocycles. The monoisotopic (exact) mass is 323 g/mol. The molecule has 4 aliphatic carbocycles. The molecule has 0 aliphatic heterocycles. The van der Waals surface area contributed by atoms with Gasteiger partial charge in [-0.15, -0.1) is 0 Å². The second kappa shape index (κ2) is 4.86. The van der Waals surface area contributed by atoms with Crippen LogP contribution < -0.4 is 5.73 Å². The van der Waals surface area contributed by atoms with E-state index < -0.39 is 39.2 Å². The zero-order chi connectivity index (χ0) is 15.5. The van der Waals surface area contributed by atoms with Crippen LogP contribution in [0.5, 0.6) is 0 Å². The van der Waals surface area contributed by atoms with E-state index in [1.54, 1.807) is 0 Å². The van der Waals surface area contributed by atoms with Gasteiger partial charge in [0.2, 0.25) is 0 Å². The predicted octanol–water partition coefficient (Wildman–Crippen LogP) is 2.44. The Morgan fingerprint density at radius 1 is 1.19 bits per heavy atom. The Hall–Kier alpha value is -0.270. The number of halogens is 2. The summed E-state index contributed by atoms with van der Waals surface area (Å²) >= 11 is 0. The SMILES string of the molecule is NC(CCS(=O)(=O)O)CC12C[C@@H]3CC(C[C@@H](C3)C1)C2(F)F. The quantitative estimate of drug-likeness (QED) is 0.762. The van der Waals surface area contributed by atoms with Gasteiger partial charge in [0.25, 0.3) is 16.0 Å². The van der Waals surface area contributed by atoms with Crippen molar-refractivity contribution in [1.82, 2.24) is 0 Å². The molecule has 0 spiro atoms. The molecular weight excluding hydrogens is 300 g/mol. The molecule has 21 heavy (non-hydrogen) atoms. The van der Waals surface area contributed by atoms with Crippen LogP contribution >= 0.6 is 0 Å². The van der Waals surface area contributed by atoms with E-state index in [0.29, 0.717) is 37.5 Å². The smallest absolute Gasteiger partial charge is 0.264 e. The average molecular weight is 323 g/mol. The highest BCUT2D eigenvalue weighted by molar-refractivity contribution is 7.85. The summed E-state index contributed by atoms with van der Waals surface area (Å²) in [4.78, 5) is 0. The van der Waals surface area contributed by atoms with E-state index in [0.717, 1.165) is 6.42 Å². The molecule has 0 saturated heterocycles. The van der Waals surface area contributed by atoms with Crippen LogP contribution in [0.15, 0.2) is 0 Å². The Bertz CT molecular complexity index is 508. The number of hydrogen-bond acceptors (Lipinski definition) is 3. The third-order valence-corrected chi connectivity index (χ3v) is 6.63. The lowest BCUT2D eigenvalue weighted by Gasteiger charge is -2.61. The van der Waals surface area contributed by atoms with Crippen LogP contribution in [0.2, 0.25) is 0 Å². The zero-order valence-electron chi connectivity index (χ0n) is 12.0. The van der Waals surface area contributed by atoms with E-state index in [9.17, 15) is 17.2 Å². The molecule has 0 heterocycles. The normalized spacial score (nSPS) is 42.2.